The lowest BCUT2D eigenvalue weighted by molar-refractivity contribution is -0.384. The zero-order chi connectivity index (χ0) is 13.8. The number of anilines is 1. The molecule has 0 radical (unpaired) electrons. The molecule has 0 saturated carbocycles. The monoisotopic (exact) mass is 279 g/mol. The van der Waals surface area contributed by atoms with Crippen molar-refractivity contribution in [3.05, 3.63) is 61.5 Å². The summed E-state index contributed by atoms with van der Waals surface area (Å²) in [6.07, 6.45) is 0. The van der Waals surface area contributed by atoms with Gasteiger partial charge in [-0.1, -0.05) is 23.5 Å². The van der Waals surface area contributed by atoms with Gasteiger partial charge in [-0.05, 0) is 11.6 Å². The van der Waals surface area contributed by atoms with Crippen molar-refractivity contribution in [2.24, 2.45) is 0 Å². The topological polar surface area (TPSA) is 98.3 Å². The van der Waals surface area contributed by atoms with E-state index in [1.54, 1.807) is 23.6 Å². The van der Waals surface area contributed by atoms with Crippen LogP contribution in [0.5, 0.6) is 0 Å². The Bertz CT molecular complexity index is 626. The summed E-state index contributed by atoms with van der Waals surface area (Å²) in [7, 11) is 0. The van der Waals surface area contributed by atoms with Crippen LogP contribution in [0.3, 0.4) is 0 Å². The third kappa shape index (κ3) is 3.05. The molecule has 98 valence electrons. The van der Waals surface area contributed by atoms with Gasteiger partial charge < -0.3 is 5.32 Å². The molecule has 0 spiro atoms. The smallest absolute Gasteiger partial charge is 0.324 e. The second kappa shape index (κ2) is 5.44. The van der Waals surface area contributed by atoms with Gasteiger partial charge in [-0.2, -0.15) is 0 Å². The third-order valence-electron chi connectivity index (χ3n) is 2.40. The summed E-state index contributed by atoms with van der Waals surface area (Å²) >= 11 is 1.03. The normalized spacial score (nSPS) is 10.1. The molecule has 0 aliphatic heterocycles. The summed E-state index contributed by atoms with van der Waals surface area (Å²) in [4.78, 5) is 20.4. The van der Waals surface area contributed by atoms with Crippen molar-refractivity contribution in [3.63, 3.8) is 0 Å². The van der Waals surface area contributed by atoms with Crippen LogP contribution in [0, 0.1) is 20.2 Å². The maximum Gasteiger partial charge on any atom is 0.324 e. The Morgan fingerprint density at radius 1 is 1.16 bits per heavy atom. The molecular weight excluding hydrogens is 270 g/mol. The highest BCUT2D eigenvalue weighted by molar-refractivity contribution is 7.13. The van der Waals surface area contributed by atoms with Gasteiger partial charge in [0.2, 0.25) is 0 Å². The lowest BCUT2D eigenvalue weighted by atomic mass is 10.2. The Kier molecular flexibility index (Phi) is 3.71. The van der Waals surface area contributed by atoms with Crippen LogP contribution in [0.2, 0.25) is 0 Å². The molecule has 0 aliphatic carbocycles. The van der Waals surface area contributed by atoms with Gasteiger partial charge in [0.15, 0.2) is 0 Å². The fourth-order valence-corrected chi connectivity index (χ4v) is 2.26. The Morgan fingerprint density at radius 2 is 1.89 bits per heavy atom. The fourth-order valence-electron chi connectivity index (χ4n) is 1.53. The minimum atomic E-state index is -0.474. The zero-order valence-electron chi connectivity index (χ0n) is 9.61. The first kappa shape index (κ1) is 13.0. The summed E-state index contributed by atoms with van der Waals surface area (Å²) in [5, 5.41) is 26.0. The van der Waals surface area contributed by atoms with E-state index >= 15 is 0 Å². The van der Waals surface area contributed by atoms with Crippen LogP contribution < -0.4 is 5.32 Å². The SMILES string of the molecule is O=[N+]([O-])c1cc(CNc2ccccc2[N+](=O)[O-])cs1. The maximum absolute atomic E-state index is 10.8. The number of rotatable bonds is 5. The molecule has 0 fully saturated rings. The first-order chi connectivity index (χ1) is 9.08. The van der Waals surface area contributed by atoms with E-state index in [0.29, 0.717) is 12.2 Å². The number of hydrogen-bond acceptors (Lipinski definition) is 6. The van der Waals surface area contributed by atoms with E-state index in [1.165, 1.54) is 12.1 Å². The van der Waals surface area contributed by atoms with Crippen molar-refractivity contribution in [2.75, 3.05) is 5.32 Å². The van der Waals surface area contributed by atoms with E-state index in [0.717, 1.165) is 16.9 Å². The minimum absolute atomic E-state index is 0.0211. The molecule has 19 heavy (non-hydrogen) atoms. The van der Waals surface area contributed by atoms with Crippen molar-refractivity contribution < 1.29 is 9.85 Å². The molecule has 8 heteroatoms. The van der Waals surface area contributed by atoms with Crippen LogP contribution >= 0.6 is 11.3 Å². The lowest BCUT2D eigenvalue weighted by Gasteiger charge is -2.04. The van der Waals surface area contributed by atoms with Gasteiger partial charge in [0.25, 0.3) is 5.69 Å². The Balaban J connectivity index is 2.10. The average Bonchev–Trinajstić information content (AvgIpc) is 2.85. The number of nitrogens with zero attached hydrogens (tertiary/aromatic N) is 2. The van der Waals surface area contributed by atoms with E-state index in [1.807, 2.05) is 0 Å². The molecule has 0 unspecified atom stereocenters. The largest absolute Gasteiger partial charge is 0.375 e. The molecule has 0 saturated heterocycles. The number of thiophene rings is 1. The van der Waals surface area contributed by atoms with Gasteiger partial charge in [0.1, 0.15) is 5.69 Å². The van der Waals surface area contributed by atoms with Gasteiger partial charge in [0, 0.05) is 24.1 Å². The Hall–Kier alpha value is -2.48. The highest BCUT2D eigenvalue weighted by atomic mass is 32.1. The molecule has 1 heterocycles. The molecule has 0 amide bonds. The minimum Gasteiger partial charge on any atom is -0.375 e. The van der Waals surface area contributed by atoms with Crippen molar-refractivity contribution >= 4 is 27.7 Å². The quantitative estimate of drug-likeness (QED) is 0.669. The summed E-state index contributed by atoms with van der Waals surface area (Å²) in [6, 6.07) is 7.72. The molecule has 0 aliphatic rings. The van der Waals surface area contributed by atoms with E-state index in [-0.39, 0.29) is 10.7 Å². The van der Waals surface area contributed by atoms with Crippen molar-refractivity contribution in [1.29, 1.82) is 0 Å². The van der Waals surface area contributed by atoms with Crippen LogP contribution in [0.4, 0.5) is 16.4 Å². The molecule has 2 aromatic rings. The Morgan fingerprint density at radius 3 is 2.53 bits per heavy atom. The number of nitrogens with one attached hydrogen (secondary N) is 1. The molecule has 0 bridgehead atoms. The number of hydrogen-bond donors (Lipinski definition) is 1. The first-order valence-corrected chi connectivity index (χ1v) is 6.15. The second-order valence-electron chi connectivity index (χ2n) is 3.68. The van der Waals surface area contributed by atoms with Crippen LogP contribution in [0.15, 0.2) is 35.7 Å². The maximum atomic E-state index is 10.8. The molecule has 2 rings (SSSR count). The predicted molar refractivity (Wildman–Crippen MR) is 71.4 cm³/mol. The predicted octanol–water partition coefficient (Wildman–Crippen LogP) is 3.18. The van der Waals surface area contributed by atoms with E-state index in [4.69, 9.17) is 0 Å². The van der Waals surface area contributed by atoms with Gasteiger partial charge in [0.05, 0.1) is 9.85 Å². The lowest BCUT2D eigenvalue weighted by Crippen LogP contribution is -2.01. The summed E-state index contributed by atoms with van der Waals surface area (Å²) in [5.74, 6) is 0. The average molecular weight is 279 g/mol. The van der Waals surface area contributed by atoms with Crippen LogP contribution in [-0.4, -0.2) is 9.85 Å². The first-order valence-electron chi connectivity index (χ1n) is 5.27. The highest BCUT2D eigenvalue weighted by Crippen LogP contribution is 2.26. The van der Waals surface area contributed by atoms with Crippen LogP contribution in [0.25, 0.3) is 0 Å². The van der Waals surface area contributed by atoms with Crippen LogP contribution in [0.1, 0.15) is 5.56 Å². The summed E-state index contributed by atoms with van der Waals surface area (Å²) < 4.78 is 0. The van der Waals surface area contributed by atoms with E-state index in [2.05, 4.69) is 5.32 Å². The van der Waals surface area contributed by atoms with Crippen LogP contribution in [-0.2, 0) is 6.54 Å². The molecule has 0 atom stereocenters. The van der Waals surface area contributed by atoms with Crippen molar-refractivity contribution in [3.8, 4) is 0 Å². The van der Waals surface area contributed by atoms with Crippen molar-refractivity contribution in [2.45, 2.75) is 6.54 Å². The second-order valence-corrected chi connectivity index (χ2v) is 4.57. The number of nitro groups is 2. The van der Waals surface area contributed by atoms with Gasteiger partial charge >= 0.3 is 5.00 Å². The van der Waals surface area contributed by atoms with Crippen molar-refractivity contribution in [1.82, 2.24) is 0 Å². The van der Waals surface area contributed by atoms with Gasteiger partial charge in [-0.25, -0.2) is 0 Å². The molecular formula is C11H9N3O4S. The number of para-hydroxylation sites is 2. The molecule has 7 nitrogen and oxygen atoms in total. The standard InChI is InChI=1S/C11H9N3O4S/c15-13(16)10-4-2-1-3-9(10)12-6-8-5-11(14(17)18)19-7-8/h1-5,7,12H,6H2. The highest BCUT2D eigenvalue weighted by Gasteiger charge is 2.13. The summed E-state index contributed by atoms with van der Waals surface area (Å²) in [6.45, 7) is 0.301. The van der Waals surface area contributed by atoms with Gasteiger partial charge in [-0.15, -0.1) is 0 Å². The van der Waals surface area contributed by atoms with Gasteiger partial charge in [-0.3, -0.25) is 20.2 Å². The Labute approximate surface area is 111 Å². The number of nitro benzene ring substituents is 1. The summed E-state index contributed by atoms with van der Waals surface area (Å²) in [5.41, 5.74) is 1.09. The molecule has 1 N–H and O–H groups in total. The third-order valence-corrected chi connectivity index (χ3v) is 3.33. The van der Waals surface area contributed by atoms with E-state index in [9.17, 15) is 20.2 Å². The molecule has 1 aromatic carbocycles. The zero-order valence-corrected chi connectivity index (χ0v) is 10.4. The molecule has 1 aromatic heterocycles. The number of benzene rings is 1. The van der Waals surface area contributed by atoms with E-state index < -0.39 is 9.85 Å². The fraction of sp³-hybridized carbons (Fsp3) is 0.0909.